The molecule has 0 saturated carbocycles. The number of hydrogen-bond donors (Lipinski definition) is 3. The third-order valence-corrected chi connectivity index (χ3v) is 2.37. The van der Waals surface area contributed by atoms with E-state index in [1.165, 1.54) is 12.1 Å². The van der Waals surface area contributed by atoms with Crippen LogP contribution in [0.1, 0.15) is 12.8 Å². The van der Waals surface area contributed by atoms with Gasteiger partial charge in [0.15, 0.2) is 0 Å². The Labute approximate surface area is 125 Å². The lowest BCUT2D eigenvalue weighted by Gasteiger charge is -2.08. The fourth-order valence-corrected chi connectivity index (χ4v) is 1.31. The van der Waals surface area contributed by atoms with Crippen LogP contribution in [0, 0.1) is 0 Å². The minimum Gasteiger partial charge on any atom is -0.480 e. The number of hydrogen-bond acceptors (Lipinski definition) is 7. The van der Waals surface area contributed by atoms with Crippen molar-refractivity contribution in [1.82, 2.24) is 5.48 Å². The van der Waals surface area contributed by atoms with Crippen molar-refractivity contribution in [2.75, 3.05) is 6.61 Å². The number of benzene rings is 1. The van der Waals surface area contributed by atoms with Crippen LogP contribution in [0.15, 0.2) is 30.3 Å². The van der Waals surface area contributed by atoms with E-state index >= 15 is 0 Å². The van der Waals surface area contributed by atoms with Crippen LogP contribution in [0.2, 0.25) is 0 Å². The molecule has 1 atom stereocenters. The Hall–Kier alpha value is -2.81. The largest absolute Gasteiger partial charge is 0.539 e. The Bertz CT molecular complexity index is 506. The fourth-order valence-electron chi connectivity index (χ4n) is 1.31. The monoisotopic (exact) mass is 312 g/mol. The van der Waals surface area contributed by atoms with Gasteiger partial charge >= 0.3 is 18.2 Å². The molecule has 1 amide bonds. The Balaban J connectivity index is 2.12. The predicted octanol–water partition coefficient (Wildman–Crippen LogP) is 1.04. The minimum atomic E-state index is -1.13. The summed E-state index contributed by atoms with van der Waals surface area (Å²) in [4.78, 5) is 37.1. The molecule has 0 heterocycles. The molecular weight excluding hydrogens is 296 g/mol. The average molecular weight is 312 g/mol. The summed E-state index contributed by atoms with van der Waals surface area (Å²) < 4.78 is 9.38. The van der Waals surface area contributed by atoms with Crippen molar-refractivity contribution in [2.45, 2.75) is 18.9 Å². The van der Waals surface area contributed by atoms with Crippen LogP contribution in [0.3, 0.4) is 0 Å². The maximum absolute atomic E-state index is 11.2. The first-order valence-electron chi connectivity index (χ1n) is 6.34. The molecule has 0 aliphatic heterocycles. The van der Waals surface area contributed by atoms with Crippen molar-refractivity contribution < 1.29 is 33.8 Å². The van der Waals surface area contributed by atoms with Crippen molar-refractivity contribution in [3.63, 3.8) is 0 Å². The van der Waals surface area contributed by atoms with Gasteiger partial charge in [0.2, 0.25) is 0 Å². The lowest BCUT2D eigenvalue weighted by atomic mass is 10.2. The van der Waals surface area contributed by atoms with Crippen molar-refractivity contribution >= 4 is 18.2 Å². The van der Waals surface area contributed by atoms with Gasteiger partial charge in [-0.05, 0) is 25.0 Å². The molecule has 0 radical (unpaired) electrons. The van der Waals surface area contributed by atoms with Crippen molar-refractivity contribution in [3.8, 4) is 5.75 Å². The maximum Gasteiger partial charge on any atom is 0.539 e. The van der Waals surface area contributed by atoms with Crippen LogP contribution in [-0.4, -0.2) is 36.0 Å². The number of carboxylic acid groups (broad SMARTS) is 1. The highest BCUT2D eigenvalue weighted by atomic mass is 16.8. The number of carbonyl (C=O) groups excluding carboxylic acids is 2. The quantitative estimate of drug-likeness (QED) is 0.306. The number of amides is 1. The smallest absolute Gasteiger partial charge is 0.480 e. The molecule has 1 rings (SSSR count). The summed E-state index contributed by atoms with van der Waals surface area (Å²) in [6.07, 6.45) is -1.72. The Kier molecular flexibility index (Phi) is 7.20. The van der Waals surface area contributed by atoms with Gasteiger partial charge in [0.1, 0.15) is 11.8 Å². The van der Waals surface area contributed by atoms with Gasteiger partial charge in [-0.15, -0.1) is 5.48 Å². The first-order chi connectivity index (χ1) is 10.5. The molecule has 120 valence electrons. The number of hydroxylamine groups is 1. The van der Waals surface area contributed by atoms with Gasteiger partial charge in [-0.25, -0.2) is 9.59 Å². The number of nitrogens with two attached hydrogens (primary N) is 1. The first kappa shape index (κ1) is 17.2. The van der Waals surface area contributed by atoms with E-state index in [0.29, 0.717) is 0 Å². The molecule has 0 unspecified atom stereocenters. The number of rotatable bonds is 6. The van der Waals surface area contributed by atoms with Crippen molar-refractivity contribution in [3.05, 3.63) is 30.3 Å². The molecule has 0 saturated heterocycles. The van der Waals surface area contributed by atoms with Gasteiger partial charge in [-0.3, -0.25) is 4.79 Å². The highest BCUT2D eigenvalue weighted by Gasteiger charge is 2.12. The summed E-state index contributed by atoms with van der Waals surface area (Å²) in [6.45, 7) is -0.0656. The molecule has 0 aliphatic carbocycles. The Morgan fingerprint density at radius 2 is 1.91 bits per heavy atom. The van der Waals surface area contributed by atoms with E-state index in [4.69, 9.17) is 15.6 Å². The van der Waals surface area contributed by atoms with Gasteiger partial charge < -0.3 is 25.2 Å². The lowest BCUT2D eigenvalue weighted by Crippen LogP contribution is -2.31. The molecule has 0 fully saturated rings. The number of aliphatic carboxylic acids is 1. The van der Waals surface area contributed by atoms with Crippen LogP contribution in [0.25, 0.3) is 0 Å². The van der Waals surface area contributed by atoms with Crippen LogP contribution >= 0.6 is 0 Å². The summed E-state index contributed by atoms with van der Waals surface area (Å²) in [5.74, 6) is -0.873. The van der Waals surface area contributed by atoms with Crippen molar-refractivity contribution in [1.29, 1.82) is 0 Å². The van der Waals surface area contributed by atoms with Crippen LogP contribution in [-0.2, 0) is 14.4 Å². The Morgan fingerprint density at radius 1 is 1.23 bits per heavy atom. The third-order valence-electron chi connectivity index (χ3n) is 2.37. The van der Waals surface area contributed by atoms with Crippen molar-refractivity contribution in [2.24, 2.45) is 5.73 Å². The summed E-state index contributed by atoms with van der Waals surface area (Å²) in [5, 5.41) is 8.54. The number of ether oxygens (including phenoxy) is 2. The van der Waals surface area contributed by atoms with Crippen LogP contribution < -0.4 is 16.0 Å². The lowest BCUT2D eigenvalue weighted by molar-refractivity contribution is -0.138. The summed E-state index contributed by atoms with van der Waals surface area (Å²) in [6, 6.07) is 7.11. The van der Waals surface area contributed by atoms with E-state index in [9.17, 15) is 14.4 Å². The highest BCUT2D eigenvalue weighted by molar-refractivity contribution is 5.73. The average Bonchev–Trinajstić information content (AvgIpc) is 2.50. The SMILES string of the molecule is N[C@H](CCCOC(=O)NOC(=O)Oc1ccccc1)C(=O)O. The standard InChI is InChI=1S/C13H16N2O7/c14-10(11(16)17)7-4-8-20-12(18)15-22-13(19)21-9-5-2-1-3-6-9/h1-3,5-6,10H,4,7-8,14H2,(H,15,18)(H,16,17)/t10-/m1/s1. The fraction of sp³-hybridized carbons (Fsp3) is 0.308. The second-order valence-electron chi connectivity index (χ2n) is 4.09. The maximum atomic E-state index is 11.2. The third kappa shape index (κ3) is 7.10. The summed E-state index contributed by atoms with van der Waals surface area (Å²) >= 11 is 0. The van der Waals surface area contributed by atoms with E-state index in [2.05, 4.69) is 9.57 Å². The minimum absolute atomic E-state index is 0.0656. The summed E-state index contributed by atoms with van der Waals surface area (Å²) in [7, 11) is 0. The molecule has 1 aromatic rings. The molecule has 0 aliphatic rings. The van der Waals surface area contributed by atoms with Gasteiger partial charge in [0.05, 0.1) is 6.61 Å². The van der Waals surface area contributed by atoms with E-state index < -0.39 is 24.3 Å². The number of nitrogens with one attached hydrogen (secondary N) is 1. The zero-order valence-electron chi connectivity index (χ0n) is 11.6. The zero-order valence-corrected chi connectivity index (χ0v) is 11.6. The van der Waals surface area contributed by atoms with Gasteiger partial charge in [0.25, 0.3) is 0 Å². The molecule has 22 heavy (non-hydrogen) atoms. The highest BCUT2D eigenvalue weighted by Crippen LogP contribution is 2.08. The topological polar surface area (TPSA) is 137 Å². The number of carboxylic acids is 1. The van der Waals surface area contributed by atoms with E-state index in [0.717, 1.165) is 0 Å². The summed E-state index contributed by atoms with van der Waals surface area (Å²) in [5.41, 5.74) is 6.99. The molecule has 4 N–H and O–H groups in total. The van der Waals surface area contributed by atoms with E-state index in [1.54, 1.807) is 23.7 Å². The van der Waals surface area contributed by atoms with Crippen LogP contribution in [0.5, 0.6) is 5.75 Å². The van der Waals surface area contributed by atoms with E-state index in [-0.39, 0.29) is 25.2 Å². The molecule has 0 bridgehead atoms. The zero-order chi connectivity index (χ0) is 16.4. The predicted molar refractivity (Wildman–Crippen MR) is 72.9 cm³/mol. The van der Waals surface area contributed by atoms with Gasteiger partial charge in [-0.2, -0.15) is 0 Å². The van der Waals surface area contributed by atoms with Crippen LogP contribution in [0.4, 0.5) is 9.59 Å². The molecule has 0 spiro atoms. The van der Waals surface area contributed by atoms with E-state index in [1.807, 2.05) is 0 Å². The molecular formula is C13H16N2O7. The Morgan fingerprint density at radius 3 is 2.55 bits per heavy atom. The second-order valence-corrected chi connectivity index (χ2v) is 4.09. The number of carbonyl (C=O) groups is 3. The molecule has 1 aromatic carbocycles. The number of para-hydroxylation sites is 1. The normalized spacial score (nSPS) is 11.1. The second kappa shape index (κ2) is 9.19. The first-order valence-corrected chi connectivity index (χ1v) is 6.34. The van der Waals surface area contributed by atoms with Gasteiger partial charge in [-0.1, -0.05) is 18.2 Å². The van der Waals surface area contributed by atoms with Gasteiger partial charge in [0, 0.05) is 0 Å². The molecule has 9 heteroatoms. The molecule has 0 aromatic heterocycles. The molecule has 9 nitrogen and oxygen atoms in total.